The molecule has 2 rings (SSSR count). The van der Waals surface area contributed by atoms with Crippen molar-refractivity contribution in [2.45, 2.75) is 52.5 Å². The molecule has 1 fully saturated rings. The van der Waals surface area contributed by atoms with E-state index in [-0.39, 0.29) is 6.04 Å². The van der Waals surface area contributed by atoms with Crippen LogP contribution in [0.3, 0.4) is 0 Å². The number of hydrogen-bond donors (Lipinski definition) is 1. The van der Waals surface area contributed by atoms with Gasteiger partial charge in [0.1, 0.15) is 0 Å². The van der Waals surface area contributed by atoms with E-state index < -0.39 is 0 Å². The molecule has 0 saturated heterocycles. The molecule has 1 aliphatic carbocycles. The van der Waals surface area contributed by atoms with E-state index in [1.165, 1.54) is 29.0 Å². The average Bonchev–Trinajstić information content (AvgIpc) is 2.75. The molecule has 1 aromatic rings. The van der Waals surface area contributed by atoms with Crippen LogP contribution in [-0.4, -0.2) is 0 Å². The maximum absolute atomic E-state index is 6.47. The van der Waals surface area contributed by atoms with Crippen LogP contribution in [0, 0.1) is 17.8 Å². The number of aryl methyl sites for hydroxylation is 1. The molecule has 0 spiro atoms. The summed E-state index contributed by atoms with van der Waals surface area (Å²) >= 11 is 1.91. The monoisotopic (exact) mass is 251 g/mol. The first kappa shape index (κ1) is 13.1. The van der Waals surface area contributed by atoms with Crippen molar-refractivity contribution in [3.8, 4) is 0 Å². The number of thiophene rings is 1. The Hall–Kier alpha value is -0.340. The molecule has 0 radical (unpaired) electrons. The highest BCUT2D eigenvalue weighted by Crippen LogP contribution is 2.40. The third-order valence-electron chi connectivity index (χ3n) is 4.08. The van der Waals surface area contributed by atoms with Crippen LogP contribution in [0.4, 0.5) is 0 Å². The molecule has 0 aromatic carbocycles. The minimum absolute atomic E-state index is 0.269. The van der Waals surface area contributed by atoms with Crippen LogP contribution in [0.2, 0.25) is 0 Å². The van der Waals surface area contributed by atoms with E-state index in [1.807, 2.05) is 11.3 Å². The Balaban J connectivity index is 2.05. The van der Waals surface area contributed by atoms with Crippen molar-refractivity contribution in [3.05, 3.63) is 21.9 Å². The van der Waals surface area contributed by atoms with Crippen LogP contribution in [-0.2, 0) is 6.42 Å². The minimum atomic E-state index is 0.269. The molecule has 2 heteroatoms. The summed E-state index contributed by atoms with van der Waals surface area (Å²) < 4.78 is 0. The van der Waals surface area contributed by atoms with Gasteiger partial charge < -0.3 is 5.73 Å². The van der Waals surface area contributed by atoms with Gasteiger partial charge in [-0.25, -0.2) is 0 Å². The van der Waals surface area contributed by atoms with E-state index in [0.29, 0.717) is 5.92 Å². The first-order chi connectivity index (χ1) is 8.10. The van der Waals surface area contributed by atoms with Crippen molar-refractivity contribution in [2.75, 3.05) is 0 Å². The lowest BCUT2D eigenvalue weighted by atomic mass is 9.74. The highest BCUT2D eigenvalue weighted by Gasteiger charge is 2.29. The molecular weight excluding hydrogens is 226 g/mol. The van der Waals surface area contributed by atoms with Gasteiger partial charge in [0.05, 0.1) is 0 Å². The van der Waals surface area contributed by atoms with Crippen LogP contribution < -0.4 is 5.73 Å². The molecule has 1 aliphatic rings. The Kier molecular flexibility index (Phi) is 4.26. The normalized spacial score (nSPS) is 31.4. The van der Waals surface area contributed by atoms with E-state index in [9.17, 15) is 0 Å². The summed E-state index contributed by atoms with van der Waals surface area (Å²) in [6.07, 6.45) is 5.14. The Labute approximate surface area is 109 Å². The average molecular weight is 251 g/mol. The van der Waals surface area contributed by atoms with E-state index >= 15 is 0 Å². The summed E-state index contributed by atoms with van der Waals surface area (Å²) in [5, 5.41) is 0. The first-order valence-corrected chi connectivity index (χ1v) is 7.76. The zero-order valence-electron chi connectivity index (χ0n) is 11.3. The maximum Gasteiger partial charge on any atom is 0.0418 e. The number of rotatable bonds is 3. The highest BCUT2D eigenvalue weighted by atomic mass is 32.1. The molecule has 1 nitrogen and oxygen atoms in total. The second-order valence-corrected chi connectivity index (χ2v) is 7.06. The third-order valence-corrected chi connectivity index (χ3v) is 5.41. The predicted molar refractivity (Wildman–Crippen MR) is 76.3 cm³/mol. The van der Waals surface area contributed by atoms with E-state index in [2.05, 4.69) is 32.9 Å². The SMILES string of the molecule is CCc1ccc(C(N)C2CC(C)CC(C)C2)s1. The fourth-order valence-corrected chi connectivity index (χ4v) is 4.35. The highest BCUT2D eigenvalue weighted by molar-refractivity contribution is 7.12. The lowest BCUT2D eigenvalue weighted by Gasteiger charge is -2.34. The van der Waals surface area contributed by atoms with Gasteiger partial charge in [0.15, 0.2) is 0 Å². The summed E-state index contributed by atoms with van der Waals surface area (Å²) in [6, 6.07) is 4.76. The van der Waals surface area contributed by atoms with Crippen LogP contribution in [0.5, 0.6) is 0 Å². The lowest BCUT2D eigenvalue weighted by molar-refractivity contribution is 0.194. The third kappa shape index (κ3) is 3.11. The van der Waals surface area contributed by atoms with Crippen LogP contribution in [0.15, 0.2) is 12.1 Å². The molecular formula is C15H25NS. The van der Waals surface area contributed by atoms with Gasteiger partial charge >= 0.3 is 0 Å². The quantitative estimate of drug-likeness (QED) is 0.847. The lowest BCUT2D eigenvalue weighted by Crippen LogP contribution is -2.28. The first-order valence-electron chi connectivity index (χ1n) is 6.94. The molecule has 0 bridgehead atoms. The van der Waals surface area contributed by atoms with Crippen molar-refractivity contribution in [1.82, 2.24) is 0 Å². The molecule has 1 saturated carbocycles. The van der Waals surface area contributed by atoms with Crippen LogP contribution >= 0.6 is 11.3 Å². The topological polar surface area (TPSA) is 26.0 Å². The fourth-order valence-electron chi connectivity index (χ4n) is 3.30. The van der Waals surface area contributed by atoms with Gasteiger partial charge in [-0.05, 0) is 55.6 Å². The number of hydrogen-bond acceptors (Lipinski definition) is 2. The van der Waals surface area contributed by atoms with Gasteiger partial charge in [-0.2, -0.15) is 0 Å². The molecule has 1 aromatic heterocycles. The van der Waals surface area contributed by atoms with Crippen molar-refractivity contribution in [1.29, 1.82) is 0 Å². The molecule has 96 valence electrons. The summed E-state index contributed by atoms with van der Waals surface area (Å²) in [4.78, 5) is 2.86. The van der Waals surface area contributed by atoms with Gasteiger partial charge in [0, 0.05) is 15.8 Å². The van der Waals surface area contributed by atoms with Crippen LogP contribution in [0.1, 0.15) is 55.8 Å². The summed E-state index contributed by atoms with van der Waals surface area (Å²) in [5.41, 5.74) is 6.47. The summed E-state index contributed by atoms with van der Waals surface area (Å²) in [7, 11) is 0. The Morgan fingerprint density at radius 2 is 1.88 bits per heavy atom. The molecule has 2 N–H and O–H groups in total. The maximum atomic E-state index is 6.47. The Morgan fingerprint density at radius 3 is 2.41 bits per heavy atom. The Bertz CT molecular complexity index is 348. The second kappa shape index (κ2) is 5.53. The van der Waals surface area contributed by atoms with Gasteiger partial charge in [-0.1, -0.05) is 20.8 Å². The van der Waals surface area contributed by atoms with E-state index in [4.69, 9.17) is 5.73 Å². The molecule has 3 unspecified atom stereocenters. The largest absolute Gasteiger partial charge is 0.323 e. The molecule has 3 atom stereocenters. The fraction of sp³-hybridized carbons (Fsp3) is 0.733. The molecule has 0 aliphatic heterocycles. The minimum Gasteiger partial charge on any atom is -0.323 e. The van der Waals surface area contributed by atoms with Gasteiger partial charge in [0.2, 0.25) is 0 Å². The molecule has 17 heavy (non-hydrogen) atoms. The van der Waals surface area contributed by atoms with E-state index in [1.54, 1.807) is 0 Å². The second-order valence-electron chi connectivity index (χ2n) is 5.86. The standard InChI is InChI=1S/C15H25NS/c1-4-13-5-6-14(17-13)15(16)12-8-10(2)7-11(3)9-12/h5-6,10-12,15H,4,7-9,16H2,1-3H3. The van der Waals surface area contributed by atoms with Crippen molar-refractivity contribution in [2.24, 2.45) is 23.5 Å². The zero-order chi connectivity index (χ0) is 12.4. The summed E-state index contributed by atoms with van der Waals surface area (Å²) in [6.45, 7) is 6.97. The van der Waals surface area contributed by atoms with Crippen LogP contribution in [0.25, 0.3) is 0 Å². The molecule has 0 amide bonds. The van der Waals surface area contributed by atoms with Gasteiger partial charge in [0.25, 0.3) is 0 Å². The van der Waals surface area contributed by atoms with Crippen molar-refractivity contribution < 1.29 is 0 Å². The van der Waals surface area contributed by atoms with Crippen molar-refractivity contribution in [3.63, 3.8) is 0 Å². The van der Waals surface area contributed by atoms with Crippen molar-refractivity contribution >= 4 is 11.3 Å². The smallest absolute Gasteiger partial charge is 0.0418 e. The Morgan fingerprint density at radius 1 is 1.24 bits per heavy atom. The predicted octanol–water partition coefficient (Wildman–Crippen LogP) is 4.38. The van der Waals surface area contributed by atoms with Gasteiger partial charge in [-0.3, -0.25) is 0 Å². The molecule has 1 heterocycles. The summed E-state index contributed by atoms with van der Waals surface area (Å²) in [5.74, 6) is 2.39. The van der Waals surface area contributed by atoms with E-state index in [0.717, 1.165) is 18.3 Å². The van der Waals surface area contributed by atoms with Gasteiger partial charge in [-0.15, -0.1) is 11.3 Å². The zero-order valence-corrected chi connectivity index (χ0v) is 12.1. The number of nitrogens with two attached hydrogens (primary N) is 1.